The molecular formula is C19H24N2O4S. The van der Waals surface area contributed by atoms with Crippen LogP contribution in [0.2, 0.25) is 0 Å². The fourth-order valence-electron chi connectivity index (χ4n) is 3.11. The van der Waals surface area contributed by atoms with E-state index in [0.717, 1.165) is 44.3 Å². The summed E-state index contributed by atoms with van der Waals surface area (Å²) in [5, 5.41) is 0. The molecule has 1 aromatic heterocycles. The number of likely N-dealkylation sites (tertiary alicyclic amines) is 1. The lowest BCUT2D eigenvalue weighted by molar-refractivity contribution is 0.0760. The number of carbonyl (C=O) groups excluding carboxylic acids is 1. The first-order chi connectivity index (χ1) is 12.5. The van der Waals surface area contributed by atoms with E-state index in [1.807, 2.05) is 11.8 Å². The van der Waals surface area contributed by atoms with Gasteiger partial charge in [-0.15, -0.1) is 0 Å². The van der Waals surface area contributed by atoms with Crippen molar-refractivity contribution in [3.8, 4) is 0 Å². The molecule has 3 rings (SSSR count). The molecule has 1 fully saturated rings. The molecule has 0 unspecified atom stereocenters. The van der Waals surface area contributed by atoms with Gasteiger partial charge in [-0.2, -0.15) is 0 Å². The Hall–Kier alpha value is -2.12. The smallest absolute Gasteiger partial charge is 0.254 e. The minimum atomic E-state index is -3.73. The number of nitrogens with one attached hydrogen (secondary N) is 1. The number of aryl methyl sites for hydroxylation is 1. The normalized spacial score (nSPS) is 15.7. The van der Waals surface area contributed by atoms with Gasteiger partial charge in [-0.05, 0) is 49.6 Å². The highest BCUT2D eigenvalue weighted by Gasteiger charge is 2.22. The van der Waals surface area contributed by atoms with Crippen LogP contribution in [0, 0.1) is 6.92 Å². The van der Waals surface area contributed by atoms with E-state index in [-0.39, 0.29) is 17.3 Å². The van der Waals surface area contributed by atoms with Crippen molar-refractivity contribution >= 4 is 15.9 Å². The fourth-order valence-corrected chi connectivity index (χ4v) is 4.12. The van der Waals surface area contributed by atoms with Gasteiger partial charge in [-0.3, -0.25) is 4.79 Å². The number of rotatable bonds is 5. The second-order valence-corrected chi connectivity index (χ2v) is 8.35. The number of furan rings is 1. The summed E-state index contributed by atoms with van der Waals surface area (Å²) < 4.78 is 32.8. The quantitative estimate of drug-likeness (QED) is 0.870. The predicted molar refractivity (Wildman–Crippen MR) is 98.3 cm³/mol. The summed E-state index contributed by atoms with van der Waals surface area (Å²) in [6.45, 7) is 3.36. The molecule has 0 radical (unpaired) electrons. The van der Waals surface area contributed by atoms with Gasteiger partial charge in [0.05, 0.1) is 17.7 Å². The van der Waals surface area contributed by atoms with E-state index < -0.39 is 10.0 Å². The lowest BCUT2D eigenvalue weighted by Gasteiger charge is -2.21. The van der Waals surface area contributed by atoms with Crippen LogP contribution in [0.3, 0.4) is 0 Å². The molecule has 2 heterocycles. The van der Waals surface area contributed by atoms with Crippen LogP contribution in [-0.4, -0.2) is 32.3 Å². The average molecular weight is 376 g/mol. The molecule has 0 aliphatic carbocycles. The number of amides is 1. The van der Waals surface area contributed by atoms with E-state index in [1.165, 1.54) is 18.4 Å². The van der Waals surface area contributed by atoms with E-state index in [9.17, 15) is 13.2 Å². The number of nitrogens with zero attached hydrogens (tertiary/aromatic N) is 1. The molecule has 7 heteroatoms. The van der Waals surface area contributed by atoms with Crippen LogP contribution in [0.1, 0.15) is 47.4 Å². The third kappa shape index (κ3) is 4.34. The van der Waals surface area contributed by atoms with Gasteiger partial charge in [0.1, 0.15) is 5.76 Å². The van der Waals surface area contributed by atoms with Crippen molar-refractivity contribution < 1.29 is 17.6 Å². The highest BCUT2D eigenvalue weighted by molar-refractivity contribution is 7.89. The first-order valence-corrected chi connectivity index (χ1v) is 10.4. The Morgan fingerprint density at radius 3 is 2.54 bits per heavy atom. The van der Waals surface area contributed by atoms with Gasteiger partial charge in [0.2, 0.25) is 10.0 Å². The van der Waals surface area contributed by atoms with Crippen LogP contribution >= 0.6 is 0 Å². The van der Waals surface area contributed by atoms with E-state index in [2.05, 4.69) is 4.72 Å². The van der Waals surface area contributed by atoms with Crippen molar-refractivity contribution in [3.63, 3.8) is 0 Å². The zero-order chi connectivity index (χ0) is 18.6. The largest absolute Gasteiger partial charge is 0.468 e. The van der Waals surface area contributed by atoms with Crippen molar-refractivity contribution in [2.24, 2.45) is 0 Å². The standard InChI is InChI=1S/C19H24N2O4S/c1-15-8-9-17(26(23,24)20-14-16-7-6-12-25-16)13-18(15)19(22)21-10-4-2-3-5-11-21/h6-9,12-13,20H,2-5,10-11,14H2,1H3. The third-order valence-corrected chi connectivity index (χ3v) is 6.06. The van der Waals surface area contributed by atoms with Crippen LogP contribution in [0.15, 0.2) is 45.9 Å². The number of hydrogen-bond donors (Lipinski definition) is 1. The Kier molecular flexibility index (Phi) is 5.78. The molecule has 1 aliphatic rings. The molecule has 0 spiro atoms. The summed E-state index contributed by atoms with van der Waals surface area (Å²) in [7, 11) is -3.73. The molecule has 140 valence electrons. The van der Waals surface area contributed by atoms with Gasteiger partial charge in [0.15, 0.2) is 0 Å². The van der Waals surface area contributed by atoms with E-state index in [4.69, 9.17) is 4.42 Å². The van der Waals surface area contributed by atoms with Crippen LogP contribution < -0.4 is 4.72 Å². The minimum Gasteiger partial charge on any atom is -0.468 e. The predicted octanol–water partition coefficient (Wildman–Crippen LogP) is 3.08. The van der Waals surface area contributed by atoms with Crippen molar-refractivity contribution in [2.75, 3.05) is 13.1 Å². The lowest BCUT2D eigenvalue weighted by Crippen LogP contribution is -2.32. The van der Waals surface area contributed by atoms with Gasteiger partial charge in [-0.25, -0.2) is 13.1 Å². The SMILES string of the molecule is Cc1ccc(S(=O)(=O)NCc2ccco2)cc1C(=O)N1CCCCCC1. The molecular weight excluding hydrogens is 352 g/mol. The monoisotopic (exact) mass is 376 g/mol. The van der Waals surface area contributed by atoms with E-state index >= 15 is 0 Å². The first kappa shape index (κ1) is 18.7. The van der Waals surface area contributed by atoms with Gasteiger partial charge in [0, 0.05) is 18.7 Å². The van der Waals surface area contributed by atoms with Gasteiger partial charge in [-0.1, -0.05) is 18.9 Å². The van der Waals surface area contributed by atoms with Crippen molar-refractivity contribution in [2.45, 2.75) is 44.0 Å². The highest BCUT2D eigenvalue weighted by atomic mass is 32.2. The minimum absolute atomic E-state index is 0.0681. The van der Waals surface area contributed by atoms with Crippen LogP contribution in [0.25, 0.3) is 0 Å². The van der Waals surface area contributed by atoms with Crippen LogP contribution in [-0.2, 0) is 16.6 Å². The molecule has 1 amide bonds. The molecule has 0 bridgehead atoms. The maximum atomic E-state index is 12.9. The van der Waals surface area contributed by atoms with E-state index in [1.54, 1.807) is 18.2 Å². The summed E-state index contributed by atoms with van der Waals surface area (Å²) in [4.78, 5) is 14.8. The number of carbonyl (C=O) groups is 1. The van der Waals surface area contributed by atoms with Crippen LogP contribution in [0.5, 0.6) is 0 Å². The molecule has 0 atom stereocenters. The molecule has 1 saturated heterocycles. The molecule has 6 nitrogen and oxygen atoms in total. The lowest BCUT2D eigenvalue weighted by atomic mass is 10.1. The summed E-state index contributed by atoms with van der Waals surface area (Å²) in [5.41, 5.74) is 1.23. The number of benzene rings is 1. The molecule has 2 aromatic rings. The zero-order valence-corrected chi connectivity index (χ0v) is 15.7. The van der Waals surface area contributed by atoms with Crippen molar-refractivity contribution in [3.05, 3.63) is 53.5 Å². The first-order valence-electron chi connectivity index (χ1n) is 8.89. The second kappa shape index (κ2) is 8.05. The summed E-state index contributed by atoms with van der Waals surface area (Å²) in [6.07, 6.45) is 5.75. The van der Waals surface area contributed by atoms with Crippen molar-refractivity contribution in [1.29, 1.82) is 0 Å². The molecule has 1 aliphatic heterocycles. The topological polar surface area (TPSA) is 79.6 Å². The summed E-state index contributed by atoms with van der Waals surface area (Å²) in [5.74, 6) is 0.439. The zero-order valence-electron chi connectivity index (χ0n) is 14.9. The highest BCUT2D eigenvalue weighted by Crippen LogP contribution is 2.20. The van der Waals surface area contributed by atoms with Crippen molar-refractivity contribution in [1.82, 2.24) is 9.62 Å². The molecule has 1 aromatic carbocycles. The Morgan fingerprint density at radius 2 is 1.88 bits per heavy atom. The Labute approximate surface area is 154 Å². The Balaban J connectivity index is 1.80. The second-order valence-electron chi connectivity index (χ2n) is 6.59. The maximum absolute atomic E-state index is 12.9. The maximum Gasteiger partial charge on any atom is 0.254 e. The van der Waals surface area contributed by atoms with Gasteiger partial charge < -0.3 is 9.32 Å². The molecule has 1 N–H and O–H groups in total. The average Bonchev–Trinajstić information content (AvgIpc) is 3.00. The summed E-state index contributed by atoms with van der Waals surface area (Å²) in [6, 6.07) is 8.10. The molecule has 0 saturated carbocycles. The van der Waals surface area contributed by atoms with Gasteiger partial charge >= 0.3 is 0 Å². The Bertz CT molecular complexity index is 852. The molecule has 26 heavy (non-hydrogen) atoms. The summed E-state index contributed by atoms with van der Waals surface area (Å²) >= 11 is 0. The fraction of sp³-hybridized carbons (Fsp3) is 0.421. The van der Waals surface area contributed by atoms with E-state index in [0.29, 0.717) is 11.3 Å². The van der Waals surface area contributed by atoms with Crippen LogP contribution in [0.4, 0.5) is 0 Å². The number of sulfonamides is 1. The third-order valence-electron chi connectivity index (χ3n) is 4.66. The Morgan fingerprint density at radius 1 is 1.15 bits per heavy atom. The number of hydrogen-bond acceptors (Lipinski definition) is 4. The van der Waals surface area contributed by atoms with Gasteiger partial charge in [0.25, 0.3) is 5.91 Å².